The van der Waals surface area contributed by atoms with Crippen LogP contribution in [0.4, 0.5) is 11.8 Å². The molecule has 2 aromatic rings. The summed E-state index contributed by atoms with van der Waals surface area (Å²) in [5, 5.41) is 3.25. The molecule has 0 fully saturated rings. The summed E-state index contributed by atoms with van der Waals surface area (Å²) in [6.45, 7) is 7.52. The van der Waals surface area contributed by atoms with Crippen molar-refractivity contribution in [1.29, 1.82) is 0 Å². The number of nitrogen functional groups attached to an aromatic ring is 1. The lowest BCUT2D eigenvalue weighted by molar-refractivity contribution is 0.491. The molecule has 2 heterocycles. The lowest BCUT2D eigenvalue weighted by Crippen LogP contribution is -2.30. The molecule has 0 saturated heterocycles. The summed E-state index contributed by atoms with van der Waals surface area (Å²) in [6, 6.07) is 8.89. The predicted octanol–water partition coefficient (Wildman–Crippen LogP) is 2.87. The molecule has 4 N–H and O–H groups in total. The van der Waals surface area contributed by atoms with Gasteiger partial charge < -0.3 is 11.1 Å². The maximum absolute atomic E-state index is 12.0. The zero-order valence-electron chi connectivity index (χ0n) is 14.6. The number of nitrogens with zero attached hydrogens (tertiary/aromatic N) is 1. The van der Waals surface area contributed by atoms with Gasteiger partial charge in [0, 0.05) is 6.54 Å². The number of rotatable bonds is 3. The van der Waals surface area contributed by atoms with E-state index in [4.69, 9.17) is 5.73 Å². The third-order valence-electron chi connectivity index (χ3n) is 4.75. The number of H-pyrrole nitrogens is 1. The highest BCUT2D eigenvalue weighted by Crippen LogP contribution is 2.25. The summed E-state index contributed by atoms with van der Waals surface area (Å²) in [5.74, 6) is 1.25. The first kappa shape index (κ1) is 16.6. The molecule has 0 bridgehead atoms. The monoisotopic (exact) mass is 326 g/mol. The van der Waals surface area contributed by atoms with Gasteiger partial charge in [0.15, 0.2) is 0 Å². The summed E-state index contributed by atoms with van der Waals surface area (Å²) >= 11 is 0. The normalized spacial score (nSPS) is 17.2. The molecule has 0 radical (unpaired) electrons. The summed E-state index contributed by atoms with van der Waals surface area (Å²) < 4.78 is 0. The number of nitrogens with one attached hydrogen (secondary N) is 2. The Balaban J connectivity index is 1.63. The summed E-state index contributed by atoms with van der Waals surface area (Å²) in [5.41, 5.74) is 9.08. The van der Waals surface area contributed by atoms with Gasteiger partial charge in [0.25, 0.3) is 5.56 Å². The Kier molecular flexibility index (Phi) is 4.35. The molecule has 1 aromatic heterocycles. The molecule has 5 heteroatoms. The third kappa shape index (κ3) is 3.61. The van der Waals surface area contributed by atoms with Crippen molar-refractivity contribution >= 4 is 11.8 Å². The molecular weight excluding hydrogens is 300 g/mol. The van der Waals surface area contributed by atoms with E-state index in [1.165, 1.54) is 11.1 Å². The molecule has 0 amide bonds. The van der Waals surface area contributed by atoms with Crippen molar-refractivity contribution < 1.29 is 0 Å². The second-order valence-corrected chi connectivity index (χ2v) is 7.71. The number of anilines is 2. The lowest BCUT2D eigenvalue weighted by atomic mass is 9.86. The maximum atomic E-state index is 12.0. The minimum Gasteiger partial charge on any atom is -0.369 e. The summed E-state index contributed by atoms with van der Waals surface area (Å²) in [6.07, 6.45) is 2.82. The number of aromatic amines is 1. The van der Waals surface area contributed by atoms with Crippen molar-refractivity contribution in [3.05, 3.63) is 51.3 Å². The standard InChI is InChI=1S/C19H26N4O/c1-19(2,3)14-8-6-12(7-9-14)4-5-13-10-15-16(21-11-13)22-18(20)23-17(15)24/h6-9,13H,4-5,10-11H2,1-3H3,(H4,20,21,22,23,24)/t13-/m1/s1. The first-order valence-electron chi connectivity index (χ1n) is 8.55. The average Bonchev–Trinajstić information content (AvgIpc) is 2.52. The van der Waals surface area contributed by atoms with Crippen molar-refractivity contribution in [2.75, 3.05) is 17.6 Å². The Labute approximate surface area is 142 Å². The first-order chi connectivity index (χ1) is 11.3. The van der Waals surface area contributed by atoms with E-state index in [1.807, 2.05) is 0 Å². The van der Waals surface area contributed by atoms with E-state index in [9.17, 15) is 4.79 Å². The second kappa shape index (κ2) is 6.30. The van der Waals surface area contributed by atoms with Crippen LogP contribution in [0.15, 0.2) is 29.1 Å². The van der Waals surface area contributed by atoms with E-state index in [1.54, 1.807) is 0 Å². The number of nitrogens with two attached hydrogens (primary N) is 1. The fourth-order valence-corrected chi connectivity index (χ4v) is 3.20. The minimum atomic E-state index is -0.121. The fourth-order valence-electron chi connectivity index (χ4n) is 3.20. The smallest absolute Gasteiger partial charge is 0.257 e. The van der Waals surface area contributed by atoms with Gasteiger partial charge in [-0.1, -0.05) is 45.0 Å². The van der Waals surface area contributed by atoms with E-state index in [-0.39, 0.29) is 16.9 Å². The Hall–Kier alpha value is -2.30. The van der Waals surface area contributed by atoms with E-state index < -0.39 is 0 Å². The van der Waals surface area contributed by atoms with E-state index >= 15 is 0 Å². The number of fused-ring (bicyclic) bond motifs is 1. The molecule has 24 heavy (non-hydrogen) atoms. The van der Waals surface area contributed by atoms with Gasteiger partial charge in [0.2, 0.25) is 5.95 Å². The maximum Gasteiger partial charge on any atom is 0.257 e. The van der Waals surface area contributed by atoms with Crippen LogP contribution in [0, 0.1) is 5.92 Å². The van der Waals surface area contributed by atoms with Crippen molar-refractivity contribution in [3.63, 3.8) is 0 Å². The highest BCUT2D eigenvalue weighted by molar-refractivity contribution is 5.48. The van der Waals surface area contributed by atoms with E-state index in [2.05, 4.69) is 60.3 Å². The lowest BCUT2D eigenvalue weighted by Gasteiger charge is -2.25. The summed E-state index contributed by atoms with van der Waals surface area (Å²) in [4.78, 5) is 18.8. The number of aromatic nitrogens is 2. The van der Waals surface area contributed by atoms with E-state index in [0.29, 0.717) is 11.7 Å². The molecule has 0 unspecified atom stereocenters. The van der Waals surface area contributed by atoms with Crippen molar-refractivity contribution in [3.8, 4) is 0 Å². The SMILES string of the molecule is CC(C)(C)c1ccc(CC[C@H]2CNc3nc(N)[nH]c(=O)c3C2)cc1. The van der Waals surface area contributed by atoms with Crippen LogP contribution >= 0.6 is 0 Å². The topological polar surface area (TPSA) is 83.8 Å². The van der Waals surface area contributed by atoms with Crippen LogP contribution < -0.4 is 16.6 Å². The van der Waals surface area contributed by atoms with Gasteiger partial charge in [-0.3, -0.25) is 9.78 Å². The van der Waals surface area contributed by atoms with Crippen LogP contribution in [0.1, 0.15) is 43.9 Å². The number of aryl methyl sites for hydroxylation is 1. The minimum absolute atomic E-state index is 0.121. The number of benzene rings is 1. The Bertz CT molecular complexity index is 771. The number of hydrogen-bond acceptors (Lipinski definition) is 4. The molecule has 0 saturated carbocycles. The first-order valence-corrected chi connectivity index (χ1v) is 8.55. The Morgan fingerprint density at radius 2 is 1.96 bits per heavy atom. The van der Waals surface area contributed by atoms with Crippen LogP contribution in [0.25, 0.3) is 0 Å². The zero-order valence-corrected chi connectivity index (χ0v) is 14.6. The van der Waals surface area contributed by atoms with Crippen LogP contribution in [0.3, 0.4) is 0 Å². The van der Waals surface area contributed by atoms with Gasteiger partial charge in [-0.25, -0.2) is 0 Å². The third-order valence-corrected chi connectivity index (χ3v) is 4.75. The fraction of sp³-hybridized carbons (Fsp3) is 0.474. The largest absolute Gasteiger partial charge is 0.369 e. The molecule has 1 aliphatic rings. The van der Waals surface area contributed by atoms with E-state index in [0.717, 1.165) is 31.4 Å². The quantitative estimate of drug-likeness (QED) is 0.810. The van der Waals surface area contributed by atoms with Crippen molar-refractivity contribution in [1.82, 2.24) is 9.97 Å². The Morgan fingerprint density at radius 1 is 1.25 bits per heavy atom. The molecule has 3 rings (SSSR count). The predicted molar refractivity (Wildman–Crippen MR) is 98.4 cm³/mol. The van der Waals surface area contributed by atoms with Crippen molar-refractivity contribution in [2.45, 2.75) is 45.4 Å². The highest BCUT2D eigenvalue weighted by atomic mass is 16.1. The second-order valence-electron chi connectivity index (χ2n) is 7.71. The van der Waals surface area contributed by atoms with Crippen LogP contribution in [-0.2, 0) is 18.3 Å². The molecule has 1 aromatic carbocycles. The van der Waals surface area contributed by atoms with Gasteiger partial charge in [0.1, 0.15) is 5.82 Å². The van der Waals surface area contributed by atoms with Gasteiger partial charge in [-0.2, -0.15) is 4.98 Å². The molecule has 5 nitrogen and oxygen atoms in total. The number of hydrogen-bond donors (Lipinski definition) is 3. The van der Waals surface area contributed by atoms with Crippen molar-refractivity contribution in [2.24, 2.45) is 5.92 Å². The van der Waals surface area contributed by atoms with Gasteiger partial charge in [-0.15, -0.1) is 0 Å². The molecule has 1 aliphatic heterocycles. The van der Waals surface area contributed by atoms with Crippen LogP contribution in [-0.4, -0.2) is 16.5 Å². The molecular formula is C19H26N4O. The zero-order chi connectivity index (χ0) is 17.3. The molecule has 1 atom stereocenters. The average molecular weight is 326 g/mol. The van der Waals surface area contributed by atoms with Crippen LogP contribution in [0.5, 0.6) is 0 Å². The summed E-state index contributed by atoms with van der Waals surface area (Å²) in [7, 11) is 0. The van der Waals surface area contributed by atoms with Crippen LogP contribution in [0.2, 0.25) is 0 Å². The Morgan fingerprint density at radius 3 is 2.62 bits per heavy atom. The molecule has 0 spiro atoms. The molecule has 128 valence electrons. The van der Waals surface area contributed by atoms with Gasteiger partial charge >= 0.3 is 0 Å². The highest BCUT2D eigenvalue weighted by Gasteiger charge is 2.22. The molecule has 0 aliphatic carbocycles. The van der Waals surface area contributed by atoms with Gasteiger partial charge in [-0.05, 0) is 41.7 Å². The van der Waals surface area contributed by atoms with Gasteiger partial charge in [0.05, 0.1) is 5.56 Å².